The predicted molar refractivity (Wildman–Crippen MR) is 77.5 cm³/mol. The molecule has 0 aliphatic carbocycles. The molecular formula is C14H19ClN2O2. The highest BCUT2D eigenvalue weighted by Gasteiger charge is 2.18. The number of aryl methyl sites for hydroxylation is 1. The van der Waals surface area contributed by atoms with Crippen molar-refractivity contribution in [3.63, 3.8) is 0 Å². The molecule has 0 saturated heterocycles. The van der Waals surface area contributed by atoms with Crippen LogP contribution in [0.25, 0.3) is 0 Å². The van der Waals surface area contributed by atoms with Crippen molar-refractivity contribution in [3.8, 4) is 0 Å². The highest BCUT2D eigenvalue weighted by molar-refractivity contribution is 6.31. The molecule has 19 heavy (non-hydrogen) atoms. The van der Waals surface area contributed by atoms with Crippen LogP contribution in [0.5, 0.6) is 0 Å². The van der Waals surface area contributed by atoms with Gasteiger partial charge in [-0.05, 0) is 38.5 Å². The van der Waals surface area contributed by atoms with E-state index in [9.17, 15) is 9.59 Å². The number of benzene rings is 1. The molecule has 0 fully saturated rings. The van der Waals surface area contributed by atoms with E-state index in [1.54, 1.807) is 12.1 Å². The van der Waals surface area contributed by atoms with Crippen molar-refractivity contribution in [1.29, 1.82) is 0 Å². The highest BCUT2D eigenvalue weighted by atomic mass is 35.5. The summed E-state index contributed by atoms with van der Waals surface area (Å²) in [5, 5.41) is 3.30. The maximum atomic E-state index is 11.8. The van der Waals surface area contributed by atoms with Gasteiger partial charge in [0.05, 0.1) is 0 Å². The Labute approximate surface area is 118 Å². The summed E-state index contributed by atoms with van der Waals surface area (Å²) >= 11 is 5.95. The first-order valence-electron chi connectivity index (χ1n) is 6.15. The van der Waals surface area contributed by atoms with Gasteiger partial charge in [-0.1, -0.05) is 17.7 Å². The Morgan fingerprint density at radius 1 is 1.37 bits per heavy atom. The SMILES string of the molecule is CC(=O)N(CC(=O)NC(C)C)c1cc(Cl)ccc1C. The number of nitrogens with one attached hydrogen (secondary N) is 1. The third kappa shape index (κ3) is 4.56. The van der Waals surface area contributed by atoms with Crippen LogP contribution in [-0.2, 0) is 9.59 Å². The highest BCUT2D eigenvalue weighted by Crippen LogP contribution is 2.24. The van der Waals surface area contributed by atoms with Gasteiger partial charge in [-0.15, -0.1) is 0 Å². The number of hydrogen-bond donors (Lipinski definition) is 1. The smallest absolute Gasteiger partial charge is 0.240 e. The van der Waals surface area contributed by atoms with Gasteiger partial charge >= 0.3 is 0 Å². The van der Waals surface area contributed by atoms with Crippen molar-refractivity contribution in [2.45, 2.75) is 33.7 Å². The van der Waals surface area contributed by atoms with E-state index in [1.807, 2.05) is 26.8 Å². The third-order valence-electron chi connectivity index (χ3n) is 2.59. The van der Waals surface area contributed by atoms with Crippen LogP contribution in [0.2, 0.25) is 5.02 Å². The lowest BCUT2D eigenvalue weighted by Crippen LogP contribution is -2.42. The summed E-state index contributed by atoms with van der Waals surface area (Å²) in [5.74, 6) is -0.381. The van der Waals surface area contributed by atoms with Crippen LogP contribution in [-0.4, -0.2) is 24.4 Å². The van der Waals surface area contributed by atoms with Crippen molar-refractivity contribution in [2.75, 3.05) is 11.4 Å². The minimum atomic E-state index is -0.190. The van der Waals surface area contributed by atoms with E-state index in [1.165, 1.54) is 11.8 Å². The van der Waals surface area contributed by atoms with Gasteiger partial charge in [0.25, 0.3) is 0 Å². The molecule has 0 atom stereocenters. The molecule has 0 aliphatic heterocycles. The lowest BCUT2D eigenvalue weighted by Gasteiger charge is -2.23. The normalized spacial score (nSPS) is 10.4. The first-order chi connectivity index (χ1) is 8.81. The van der Waals surface area contributed by atoms with Gasteiger partial charge in [0, 0.05) is 23.7 Å². The van der Waals surface area contributed by atoms with E-state index in [0.717, 1.165) is 5.56 Å². The summed E-state index contributed by atoms with van der Waals surface area (Å²) in [4.78, 5) is 25.0. The second-order valence-electron chi connectivity index (χ2n) is 4.76. The zero-order valence-electron chi connectivity index (χ0n) is 11.7. The van der Waals surface area contributed by atoms with Gasteiger partial charge < -0.3 is 10.2 Å². The fourth-order valence-corrected chi connectivity index (χ4v) is 1.92. The molecule has 2 amide bonds. The summed E-state index contributed by atoms with van der Waals surface area (Å²) in [7, 11) is 0. The predicted octanol–water partition coefficient (Wildman–Crippen LogP) is 2.53. The van der Waals surface area contributed by atoms with E-state index < -0.39 is 0 Å². The van der Waals surface area contributed by atoms with E-state index in [0.29, 0.717) is 10.7 Å². The van der Waals surface area contributed by atoms with Gasteiger partial charge in [-0.3, -0.25) is 9.59 Å². The Bertz CT molecular complexity index is 486. The van der Waals surface area contributed by atoms with Gasteiger partial charge in [0.15, 0.2) is 0 Å². The Morgan fingerprint density at radius 2 is 2.00 bits per heavy atom. The van der Waals surface area contributed by atoms with Crippen LogP contribution in [0.3, 0.4) is 0 Å². The molecule has 1 N–H and O–H groups in total. The molecule has 1 rings (SSSR count). The van der Waals surface area contributed by atoms with Gasteiger partial charge in [-0.2, -0.15) is 0 Å². The topological polar surface area (TPSA) is 49.4 Å². The number of halogens is 1. The molecule has 5 heteroatoms. The van der Waals surface area contributed by atoms with Gasteiger partial charge in [0.1, 0.15) is 6.54 Å². The molecular weight excluding hydrogens is 264 g/mol. The molecule has 4 nitrogen and oxygen atoms in total. The first kappa shape index (κ1) is 15.5. The van der Waals surface area contributed by atoms with Crippen molar-refractivity contribution >= 4 is 29.1 Å². The standard InChI is InChI=1S/C14H19ClN2O2/c1-9(2)16-14(19)8-17(11(4)18)13-7-12(15)6-5-10(13)3/h5-7,9H,8H2,1-4H3,(H,16,19). The second-order valence-corrected chi connectivity index (χ2v) is 5.19. The zero-order valence-corrected chi connectivity index (χ0v) is 12.4. The number of nitrogens with zero attached hydrogens (tertiary/aromatic N) is 1. The van der Waals surface area contributed by atoms with Crippen LogP contribution in [0, 0.1) is 6.92 Å². The molecule has 0 heterocycles. The molecule has 1 aromatic rings. The molecule has 1 aromatic carbocycles. The maximum Gasteiger partial charge on any atom is 0.240 e. The van der Waals surface area contributed by atoms with Crippen molar-refractivity contribution in [3.05, 3.63) is 28.8 Å². The van der Waals surface area contributed by atoms with Crippen LogP contribution in [0.4, 0.5) is 5.69 Å². The number of carbonyl (C=O) groups excluding carboxylic acids is 2. The molecule has 0 saturated carbocycles. The minimum absolute atomic E-state index is 0.00526. The van der Waals surface area contributed by atoms with Crippen LogP contribution < -0.4 is 10.2 Å². The van der Waals surface area contributed by atoms with Crippen molar-refractivity contribution < 1.29 is 9.59 Å². The van der Waals surface area contributed by atoms with Crippen LogP contribution in [0.15, 0.2) is 18.2 Å². The Kier molecular flexibility index (Phi) is 5.36. The van der Waals surface area contributed by atoms with Crippen LogP contribution in [0.1, 0.15) is 26.3 Å². The zero-order chi connectivity index (χ0) is 14.6. The van der Waals surface area contributed by atoms with E-state index >= 15 is 0 Å². The lowest BCUT2D eigenvalue weighted by atomic mass is 10.1. The Hall–Kier alpha value is -1.55. The maximum absolute atomic E-state index is 11.8. The van der Waals surface area contributed by atoms with Gasteiger partial charge in [0.2, 0.25) is 11.8 Å². The molecule has 0 aliphatic rings. The number of amides is 2. The summed E-state index contributed by atoms with van der Waals surface area (Å²) in [5.41, 5.74) is 1.57. The van der Waals surface area contributed by atoms with Crippen molar-refractivity contribution in [1.82, 2.24) is 5.32 Å². The monoisotopic (exact) mass is 282 g/mol. The van der Waals surface area contributed by atoms with Gasteiger partial charge in [-0.25, -0.2) is 0 Å². The first-order valence-corrected chi connectivity index (χ1v) is 6.52. The number of anilines is 1. The van der Waals surface area contributed by atoms with E-state index in [2.05, 4.69) is 5.32 Å². The summed E-state index contributed by atoms with van der Waals surface area (Å²) in [6.07, 6.45) is 0. The number of carbonyl (C=O) groups is 2. The van der Waals surface area contributed by atoms with Crippen molar-refractivity contribution in [2.24, 2.45) is 0 Å². The Morgan fingerprint density at radius 3 is 2.53 bits per heavy atom. The molecule has 0 unspecified atom stereocenters. The molecule has 0 aromatic heterocycles. The fourth-order valence-electron chi connectivity index (χ4n) is 1.75. The molecule has 0 spiro atoms. The summed E-state index contributed by atoms with van der Waals surface area (Å²) in [6.45, 7) is 7.06. The van der Waals surface area contributed by atoms with E-state index in [-0.39, 0.29) is 24.4 Å². The van der Waals surface area contributed by atoms with Crippen LogP contribution >= 0.6 is 11.6 Å². The Balaban J connectivity index is 2.98. The number of hydrogen-bond acceptors (Lipinski definition) is 2. The summed E-state index contributed by atoms with van der Waals surface area (Å²) in [6, 6.07) is 5.32. The molecule has 0 bridgehead atoms. The third-order valence-corrected chi connectivity index (χ3v) is 2.83. The fraction of sp³-hybridized carbons (Fsp3) is 0.429. The van der Waals surface area contributed by atoms with E-state index in [4.69, 9.17) is 11.6 Å². The largest absolute Gasteiger partial charge is 0.352 e. The average molecular weight is 283 g/mol. The minimum Gasteiger partial charge on any atom is -0.352 e. The molecule has 0 radical (unpaired) electrons. The average Bonchev–Trinajstić information content (AvgIpc) is 2.28. The number of rotatable bonds is 4. The molecule has 104 valence electrons. The second kappa shape index (κ2) is 6.57. The summed E-state index contributed by atoms with van der Waals surface area (Å²) < 4.78 is 0. The lowest BCUT2D eigenvalue weighted by molar-refractivity contribution is -0.123. The quantitative estimate of drug-likeness (QED) is 0.922.